The van der Waals surface area contributed by atoms with E-state index in [2.05, 4.69) is 10.6 Å². The normalized spacial score (nSPS) is 11.1. The zero-order valence-corrected chi connectivity index (χ0v) is 17.2. The van der Waals surface area contributed by atoms with Gasteiger partial charge in [-0.3, -0.25) is 9.59 Å². The molecule has 174 valence electrons. The van der Waals surface area contributed by atoms with Gasteiger partial charge in [0, 0.05) is 19.3 Å². The van der Waals surface area contributed by atoms with Crippen molar-refractivity contribution in [2.75, 3.05) is 5.32 Å². The van der Waals surface area contributed by atoms with E-state index in [1.165, 1.54) is 43.6 Å². The maximum absolute atomic E-state index is 13.9. The molecule has 0 saturated heterocycles. The molecule has 3 aromatic rings. The number of rotatable bonds is 7. The molecule has 2 amide bonds. The van der Waals surface area contributed by atoms with E-state index in [0.29, 0.717) is 11.6 Å². The van der Waals surface area contributed by atoms with Crippen LogP contribution in [0.3, 0.4) is 0 Å². The Balaban J connectivity index is 0.00000408. The van der Waals surface area contributed by atoms with Gasteiger partial charge in [-0.15, -0.1) is 0 Å². The van der Waals surface area contributed by atoms with Crippen molar-refractivity contribution < 1.29 is 33.3 Å². The van der Waals surface area contributed by atoms with E-state index in [1.54, 1.807) is 0 Å². The van der Waals surface area contributed by atoms with Gasteiger partial charge < -0.3 is 30.2 Å². The van der Waals surface area contributed by atoms with Crippen molar-refractivity contribution in [1.29, 1.82) is 0 Å². The van der Waals surface area contributed by atoms with Gasteiger partial charge in [-0.05, 0) is 35.9 Å². The van der Waals surface area contributed by atoms with Crippen molar-refractivity contribution in [2.24, 2.45) is 7.05 Å². The zero-order valence-electron chi connectivity index (χ0n) is 17.2. The zero-order chi connectivity index (χ0) is 24.1. The van der Waals surface area contributed by atoms with E-state index in [4.69, 9.17) is 4.74 Å². The van der Waals surface area contributed by atoms with Crippen LogP contribution in [-0.2, 0) is 11.8 Å². The molecular formula is C22H20F2N3NaO6. The second-order valence-electron chi connectivity index (χ2n) is 6.99. The van der Waals surface area contributed by atoms with Crippen molar-refractivity contribution in [3.63, 3.8) is 0 Å². The predicted molar refractivity (Wildman–Crippen MR) is 121 cm³/mol. The number of aliphatic carboxylic acids is 1. The van der Waals surface area contributed by atoms with Gasteiger partial charge in [-0.25, -0.2) is 13.6 Å². The Kier molecular flexibility index (Phi) is 9.19. The molecule has 1 aromatic heterocycles. The quantitative estimate of drug-likeness (QED) is 0.383. The number of amides is 2. The molecule has 0 bridgehead atoms. The molecule has 0 aliphatic heterocycles. The van der Waals surface area contributed by atoms with Crippen molar-refractivity contribution in [1.82, 2.24) is 9.88 Å². The fraction of sp³-hybridized carbons (Fsp3) is 0.136. The summed E-state index contributed by atoms with van der Waals surface area (Å²) in [5.41, 5.74) is -0.746. The van der Waals surface area contributed by atoms with Crippen LogP contribution in [0.25, 0.3) is 0 Å². The summed E-state index contributed by atoms with van der Waals surface area (Å²) < 4.78 is 33.5. The molecule has 1 heterocycles. The third-order valence-electron chi connectivity index (χ3n) is 4.55. The van der Waals surface area contributed by atoms with Crippen LogP contribution < -0.4 is 20.9 Å². The van der Waals surface area contributed by atoms with Gasteiger partial charge >= 0.3 is 41.6 Å². The second kappa shape index (κ2) is 11.6. The number of nitrogens with one attached hydrogen (secondary N) is 2. The number of halogens is 2. The van der Waals surface area contributed by atoms with E-state index < -0.39 is 47.4 Å². The van der Waals surface area contributed by atoms with Gasteiger partial charge in [0.1, 0.15) is 17.3 Å². The minimum atomic E-state index is -1.23. The maximum atomic E-state index is 13.9. The Bertz CT molecular complexity index is 1270. The summed E-state index contributed by atoms with van der Waals surface area (Å²) in [6.45, 7) is 0. The Morgan fingerprint density at radius 1 is 1.15 bits per heavy atom. The van der Waals surface area contributed by atoms with Crippen LogP contribution in [0.15, 0.2) is 59.5 Å². The van der Waals surface area contributed by atoms with Crippen molar-refractivity contribution >= 4 is 47.2 Å². The van der Waals surface area contributed by atoms with Crippen LogP contribution in [0.5, 0.6) is 17.2 Å². The summed E-state index contributed by atoms with van der Waals surface area (Å²) >= 11 is 0. The molecule has 12 heteroatoms. The molecule has 0 saturated carbocycles. The van der Waals surface area contributed by atoms with Gasteiger partial charge in [0.25, 0.3) is 5.56 Å². The number of aryl methyl sites for hydroxylation is 1. The number of aromatic nitrogens is 1. The standard InChI is InChI=1S/C22H19F2N3O6.Na.H/c1-27-8-7-17(28)20(21(27)31)26-22(32)25-16(11-19(29)30)12-3-2-4-14(9-12)33-18-6-5-13(23)10-15(18)24;;/h2-10,16,28H,11H2,1H3,(H,29,30)(H2,25,26,32);;/t16-;;/m0../s1. The molecule has 0 unspecified atom stereocenters. The van der Waals surface area contributed by atoms with Crippen molar-refractivity contribution in [3.8, 4) is 17.2 Å². The second-order valence-corrected chi connectivity index (χ2v) is 6.99. The summed E-state index contributed by atoms with van der Waals surface area (Å²) in [5.74, 6) is -3.52. The van der Waals surface area contributed by atoms with E-state index in [0.717, 1.165) is 16.7 Å². The predicted octanol–water partition coefficient (Wildman–Crippen LogP) is 2.85. The fourth-order valence-electron chi connectivity index (χ4n) is 2.95. The molecule has 2 aromatic carbocycles. The number of anilines is 1. The number of urea groups is 1. The number of hydrogen-bond acceptors (Lipinski definition) is 5. The number of carboxylic acids is 1. The van der Waals surface area contributed by atoms with Gasteiger partial charge in [0.2, 0.25) is 0 Å². The molecule has 0 aliphatic rings. The number of pyridine rings is 1. The number of ether oxygens (including phenoxy) is 1. The number of hydrogen-bond donors (Lipinski definition) is 4. The van der Waals surface area contributed by atoms with Crippen LogP contribution >= 0.6 is 0 Å². The molecule has 9 nitrogen and oxygen atoms in total. The van der Waals surface area contributed by atoms with E-state index >= 15 is 0 Å². The SMILES string of the molecule is Cn1ccc(O)c(NC(=O)N[C@@H](CC(=O)O)c2cccc(Oc3ccc(F)cc3F)c2)c1=O.[NaH]. The van der Waals surface area contributed by atoms with Crippen LogP contribution in [0.2, 0.25) is 0 Å². The molecule has 0 radical (unpaired) electrons. The Morgan fingerprint density at radius 2 is 1.88 bits per heavy atom. The Hall–Kier alpha value is -3.41. The average Bonchev–Trinajstić information content (AvgIpc) is 2.75. The minimum absolute atomic E-state index is 0. The first-order valence-corrected chi connectivity index (χ1v) is 9.55. The van der Waals surface area contributed by atoms with Crippen LogP contribution in [-0.4, -0.2) is 56.3 Å². The third kappa shape index (κ3) is 6.80. The van der Waals surface area contributed by atoms with Crippen molar-refractivity contribution in [3.05, 3.63) is 82.3 Å². The summed E-state index contributed by atoms with van der Waals surface area (Å²) in [6, 6.07) is 7.85. The number of carbonyl (C=O) groups is 2. The van der Waals surface area contributed by atoms with E-state index in [1.807, 2.05) is 0 Å². The first kappa shape index (κ1) is 26.8. The molecule has 0 aliphatic carbocycles. The molecule has 3 rings (SSSR count). The van der Waals surface area contributed by atoms with E-state index in [9.17, 15) is 33.4 Å². The molecule has 0 fully saturated rings. The Morgan fingerprint density at radius 3 is 2.56 bits per heavy atom. The number of aromatic hydroxyl groups is 1. The Labute approximate surface area is 214 Å². The number of carbonyl (C=O) groups excluding carboxylic acids is 1. The number of benzene rings is 2. The van der Waals surface area contributed by atoms with Crippen LogP contribution in [0.4, 0.5) is 19.3 Å². The summed E-state index contributed by atoms with van der Waals surface area (Å²) in [6.07, 6.45) is 0.782. The molecule has 1 atom stereocenters. The number of carboxylic acid groups (broad SMARTS) is 1. The van der Waals surface area contributed by atoms with E-state index in [-0.39, 0.29) is 46.7 Å². The first-order chi connectivity index (χ1) is 15.6. The monoisotopic (exact) mass is 483 g/mol. The fourth-order valence-corrected chi connectivity index (χ4v) is 2.95. The number of nitrogens with zero attached hydrogens (tertiary/aromatic N) is 1. The summed E-state index contributed by atoms with van der Waals surface area (Å²) in [5, 5.41) is 23.8. The topological polar surface area (TPSA) is 130 Å². The van der Waals surface area contributed by atoms with Gasteiger partial charge in [-0.1, -0.05) is 12.1 Å². The third-order valence-corrected chi connectivity index (χ3v) is 4.55. The summed E-state index contributed by atoms with van der Waals surface area (Å²) in [4.78, 5) is 35.9. The van der Waals surface area contributed by atoms with Crippen LogP contribution in [0, 0.1) is 11.6 Å². The van der Waals surface area contributed by atoms with Gasteiger partial charge in [0.05, 0.1) is 12.5 Å². The summed E-state index contributed by atoms with van der Waals surface area (Å²) in [7, 11) is 1.42. The van der Waals surface area contributed by atoms with Crippen molar-refractivity contribution in [2.45, 2.75) is 12.5 Å². The molecule has 4 N–H and O–H groups in total. The van der Waals surface area contributed by atoms with Crippen LogP contribution in [0.1, 0.15) is 18.0 Å². The molecule has 34 heavy (non-hydrogen) atoms. The van der Waals surface area contributed by atoms with Gasteiger partial charge in [0.15, 0.2) is 17.3 Å². The molecule has 0 spiro atoms. The first-order valence-electron chi connectivity index (χ1n) is 9.55. The average molecular weight is 483 g/mol. The van der Waals surface area contributed by atoms with Gasteiger partial charge in [-0.2, -0.15) is 0 Å². The molecular weight excluding hydrogens is 463 g/mol.